The average molecular weight is 288 g/mol. The van der Waals surface area contributed by atoms with Gasteiger partial charge in [-0.2, -0.15) is 8.78 Å². The van der Waals surface area contributed by atoms with Gasteiger partial charge in [-0.25, -0.2) is 4.79 Å². The molecule has 0 radical (unpaired) electrons. The average Bonchev–Trinajstić information content (AvgIpc) is 2.33. The number of amides is 2. The van der Waals surface area contributed by atoms with Crippen LogP contribution >= 0.6 is 0 Å². The van der Waals surface area contributed by atoms with Crippen molar-refractivity contribution in [3.63, 3.8) is 0 Å². The normalized spacial score (nSPS) is 12.1. The fourth-order valence-corrected chi connectivity index (χ4v) is 1.66. The van der Waals surface area contributed by atoms with E-state index in [1.165, 1.54) is 13.2 Å². The summed E-state index contributed by atoms with van der Waals surface area (Å²) in [4.78, 5) is 11.8. The van der Waals surface area contributed by atoms with E-state index < -0.39 is 12.6 Å². The van der Waals surface area contributed by atoms with Crippen molar-refractivity contribution in [2.24, 2.45) is 0 Å². The molecule has 0 fully saturated rings. The van der Waals surface area contributed by atoms with E-state index in [-0.39, 0.29) is 17.5 Å². The van der Waals surface area contributed by atoms with Crippen LogP contribution in [0.4, 0.5) is 19.3 Å². The maximum atomic E-state index is 12.3. The number of hydrogen-bond acceptors (Lipinski definition) is 3. The minimum atomic E-state index is -2.95. The molecule has 0 aromatic heterocycles. The molecule has 7 heteroatoms. The lowest BCUT2D eigenvalue weighted by Gasteiger charge is -2.17. The lowest BCUT2D eigenvalue weighted by atomic mass is 10.2. The topological polar surface area (TPSA) is 59.6 Å². The molecule has 0 heterocycles. The number of aryl methyl sites for hydroxylation is 1. The molecule has 1 rings (SSSR count). The van der Waals surface area contributed by atoms with Crippen LogP contribution in [0.2, 0.25) is 0 Å². The maximum absolute atomic E-state index is 12.3. The van der Waals surface area contributed by atoms with Crippen LogP contribution in [0.25, 0.3) is 0 Å². The van der Waals surface area contributed by atoms with Gasteiger partial charge in [-0.15, -0.1) is 0 Å². The van der Waals surface area contributed by atoms with E-state index in [0.29, 0.717) is 12.2 Å². The van der Waals surface area contributed by atoms with E-state index in [1.807, 2.05) is 0 Å². The third-order valence-electron chi connectivity index (χ3n) is 2.48. The van der Waals surface area contributed by atoms with Crippen LogP contribution in [-0.2, 0) is 4.74 Å². The maximum Gasteiger partial charge on any atom is 0.387 e. The van der Waals surface area contributed by atoms with Crippen LogP contribution in [0.1, 0.15) is 12.5 Å². The summed E-state index contributed by atoms with van der Waals surface area (Å²) in [6.45, 7) is 0.846. The molecule has 20 heavy (non-hydrogen) atoms. The van der Waals surface area contributed by atoms with E-state index in [1.54, 1.807) is 26.0 Å². The van der Waals surface area contributed by atoms with Gasteiger partial charge < -0.3 is 20.1 Å². The summed E-state index contributed by atoms with van der Waals surface area (Å²) in [6, 6.07) is 3.91. The summed E-state index contributed by atoms with van der Waals surface area (Å²) in [6.07, 6.45) is 0. The Kier molecular flexibility index (Phi) is 6.17. The number of carbonyl (C=O) groups is 1. The predicted molar refractivity (Wildman–Crippen MR) is 71.3 cm³/mol. The van der Waals surface area contributed by atoms with Gasteiger partial charge >= 0.3 is 12.6 Å². The fraction of sp³-hybridized carbons (Fsp3) is 0.462. The molecule has 1 unspecified atom stereocenters. The van der Waals surface area contributed by atoms with Crippen molar-refractivity contribution < 1.29 is 23.0 Å². The van der Waals surface area contributed by atoms with E-state index in [2.05, 4.69) is 15.4 Å². The molecule has 1 aromatic rings. The number of benzene rings is 1. The zero-order valence-corrected chi connectivity index (χ0v) is 11.6. The molecule has 0 aliphatic heterocycles. The predicted octanol–water partition coefficient (Wildman–Crippen LogP) is 2.75. The molecular weight excluding hydrogens is 270 g/mol. The first-order valence-corrected chi connectivity index (χ1v) is 6.05. The first kappa shape index (κ1) is 16.2. The highest BCUT2D eigenvalue weighted by atomic mass is 19.3. The quantitative estimate of drug-likeness (QED) is 0.846. The molecule has 0 aliphatic rings. The number of ether oxygens (including phenoxy) is 2. The molecule has 0 saturated heterocycles. The minimum Gasteiger partial charge on any atom is -0.433 e. The van der Waals surface area contributed by atoms with Crippen molar-refractivity contribution in [1.82, 2.24) is 5.32 Å². The van der Waals surface area contributed by atoms with Crippen LogP contribution in [-0.4, -0.2) is 32.4 Å². The molecule has 5 nitrogen and oxygen atoms in total. The SMILES string of the molecule is COCC(C)NC(=O)Nc1c(C)cccc1OC(F)F. The summed E-state index contributed by atoms with van der Waals surface area (Å²) in [5.74, 6) is -0.0745. The lowest BCUT2D eigenvalue weighted by Crippen LogP contribution is -2.38. The summed E-state index contributed by atoms with van der Waals surface area (Å²) in [5.41, 5.74) is 0.840. The van der Waals surface area contributed by atoms with Crippen molar-refractivity contribution in [2.75, 3.05) is 19.0 Å². The molecule has 0 aliphatic carbocycles. The Morgan fingerprint density at radius 3 is 2.70 bits per heavy atom. The number of carbonyl (C=O) groups excluding carboxylic acids is 1. The van der Waals surface area contributed by atoms with Gasteiger partial charge in [-0.05, 0) is 25.5 Å². The Hall–Kier alpha value is -1.89. The fourth-order valence-electron chi connectivity index (χ4n) is 1.66. The largest absolute Gasteiger partial charge is 0.433 e. The number of methoxy groups -OCH3 is 1. The Labute approximate surface area is 116 Å². The molecule has 2 amide bonds. The van der Waals surface area contributed by atoms with Crippen LogP contribution in [0.5, 0.6) is 5.75 Å². The highest BCUT2D eigenvalue weighted by molar-refractivity contribution is 5.92. The Morgan fingerprint density at radius 1 is 1.40 bits per heavy atom. The lowest BCUT2D eigenvalue weighted by molar-refractivity contribution is -0.0493. The summed E-state index contributed by atoms with van der Waals surface area (Å²) < 4.78 is 33.9. The van der Waals surface area contributed by atoms with Crippen LogP contribution in [0.3, 0.4) is 0 Å². The molecule has 2 N–H and O–H groups in total. The number of para-hydroxylation sites is 1. The molecule has 0 spiro atoms. The number of hydrogen-bond donors (Lipinski definition) is 2. The van der Waals surface area contributed by atoms with Crippen molar-refractivity contribution in [3.8, 4) is 5.75 Å². The molecular formula is C13H18F2N2O3. The van der Waals surface area contributed by atoms with Gasteiger partial charge in [0.05, 0.1) is 18.3 Å². The number of anilines is 1. The molecule has 1 atom stereocenters. The molecule has 1 aromatic carbocycles. The third-order valence-corrected chi connectivity index (χ3v) is 2.48. The first-order chi connectivity index (χ1) is 9.43. The van der Waals surface area contributed by atoms with Crippen molar-refractivity contribution in [2.45, 2.75) is 26.5 Å². The second-order valence-corrected chi connectivity index (χ2v) is 4.28. The Balaban J connectivity index is 2.77. The zero-order chi connectivity index (χ0) is 15.1. The number of urea groups is 1. The summed E-state index contributed by atoms with van der Waals surface area (Å²) in [5, 5.41) is 5.13. The number of nitrogens with one attached hydrogen (secondary N) is 2. The standard InChI is InChI=1S/C13H18F2N2O3/c1-8-5-4-6-10(20-12(14)15)11(8)17-13(18)16-9(2)7-19-3/h4-6,9,12H,7H2,1-3H3,(H2,16,17,18). The Morgan fingerprint density at radius 2 is 2.10 bits per heavy atom. The van der Waals surface area contributed by atoms with Crippen molar-refractivity contribution >= 4 is 11.7 Å². The minimum absolute atomic E-state index is 0.0745. The van der Waals surface area contributed by atoms with E-state index >= 15 is 0 Å². The number of halogens is 2. The second kappa shape index (κ2) is 7.64. The van der Waals surface area contributed by atoms with Crippen LogP contribution in [0, 0.1) is 6.92 Å². The highest BCUT2D eigenvalue weighted by Gasteiger charge is 2.15. The molecule has 0 saturated carbocycles. The van der Waals surface area contributed by atoms with Gasteiger partial charge in [0, 0.05) is 7.11 Å². The highest BCUT2D eigenvalue weighted by Crippen LogP contribution is 2.29. The van der Waals surface area contributed by atoms with Crippen molar-refractivity contribution in [3.05, 3.63) is 23.8 Å². The van der Waals surface area contributed by atoms with E-state index in [0.717, 1.165) is 0 Å². The van der Waals surface area contributed by atoms with Crippen LogP contribution in [0.15, 0.2) is 18.2 Å². The van der Waals surface area contributed by atoms with E-state index in [4.69, 9.17) is 4.74 Å². The van der Waals surface area contributed by atoms with Gasteiger partial charge in [-0.1, -0.05) is 12.1 Å². The smallest absolute Gasteiger partial charge is 0.387 e. The third kappa shape index (κ3) is 5.00. The summed E-state index contributed by atoms with van der Waals surface area (Å²) >= 11 is 0. The number of rotatable bonds is 6. The molecule has 0 bridgehead atoms. The van der Waals surface area contributed by atoms with Gasteiger partial charge in [-0.3, -0.25) is 0 Å². The van der Waals surface area contributed by atoms with Gasteiger partial charge in [0.15, 0.2) is 0 Å². The summed E-state index contributed by atoms with van der Waals surface area (Å²) in [7, 11) is 1.52. The van der Waals surface area contributed by atoms with Gasteiger partial charge in [0.2, 0.25) is 0 Å². The zero-order valence-electron chi connectivity index (χ0n) is 11.6. The van der Waals surface area contributed by atoms with Crippen LogP contribution < -0.4 is 15.4 Å². The van der Waals surface area contributed by atoms with Gasteiger partial charge in [0.25, 0.3) is 0 Å². The number of alkyl halides is 2. The molecule has 112 valence electrons. The van der Waals surface area contributed by atoms with Gasteiger partial charge in [0.1, 0.15) is 5.75 Å². The Bertz CT molecular complexity index is 455. The monoisotopic (exact) mass is 288 g/mol. The van der Waals surface area contributed by atoms with E-state index in [9.17, 15) is 13.6 Å². The second-order valence-electron chi connectivity index (χ2n) is 4.28. The first-order valence-electron chi connectivity index (χ1n) is 6.05. The van der Waals surface area contributed by atoms with Crippen molar-refractivity contribution in [1.29, 1.82) is 0 Å².